The lowest BCUT2D eigenvalue weighted by Gasteiger charge is -2.12. The molecule has 0 atom stereocenters. The molecule has 0 aliphatic heterocycles. The Balaban J connectivity index is 1.44. The summed E-state index contributed by atoms with van der Waals surface area (Å²) in [6.07, 6.45) is 3.91. The topological polar surface area (TPSA) is 119 Å². The van der Waals surface area contributed by atoms with Crippen LogP contribution in [0.3, 0.4) is 0 Å². The molecule has 11 nitrogen and oxygen atoms in total. The first kappa shape index (κ1) is 23.1. The first-order valence-corrected chi connectivity index (χ1v) is 11.2. The molecule has 0 N–H and O–H groups in total. The first-order valence-electron chi connectivity index (χ1n) is 11.2. The lowest BCUT2D eigenvalue weighted by molar-refractivity contribution is 0.324. The maximum atomic E-state index is 13.1. The van der Waals surface area contributed by atoms with Crippen molar-refractivity contribution in [1.82, 2.24) is 29.5 Å². The van der Waals surface area contributed by atoms with Gasteiger partial charge < -0.3 is 18.7 Å². The minimum atomic E-state index is -0.260. The third kappa shape index (κ3) is 4.04. The van der Waals surface area contributed by atoms with Crippen LogP contribution in [-0.2, 0) is 13.0 Å². The van der Waals surface area contributed by atoms with Crippen molar-refractivity contribution in [2.24, 2.45) is 0 Å². The Morgan fingerprint density at radius 3 is 2.36 bits per heavy atom. The van der Waals surface area contributed by atoms with Crippen molar-refractivity contribution in [2.45, 2.75) is 19.9 Å². The van der Waals surface area contributed by atoms with Crippen LogP contribution < -0.4 is 19.8 Å². The Kier molecular flexibility index (Phi) is 6.11. The molecule has 0 spiro atoms. The Labute approximate surface area is 205 Å². The predicted molar refractivity (Wildman–Crippen MR) is 131 cm³/mol. The van der Waals surface area contributed by atoms with Crippen LogP contribution in [0, 0.1) is 0 Å². The van der Waals surface area contributed by atoms with Crippen molar-refractivity contribution < 1.29 is 18.7 Å². The van der Waals surface area contributed by atoms with E-state index in [2.05, 4.69) is 27.1 Å². The van der Waals surface area contributed by atoms with Gasteiger partial charge in [-0.05, 0) is 36.2 Å². The number of hydrogen-bond acceptors (Lipinski definition) is 9. The van der Waals surface area contributed by atoms with Gasteiger partial charge in [0.25, 0.3) is 5.56 Å². The molecule has 5 aromatic rings. The van der Waals surface area contributed by atoms with E-state index in [0.29, 0.717) is 39.7 Å². The Morgan fingerprint density at radius 1 is 1.00 bits per heavy atom. The van der Waals surface area contributed by atoms with Gasteiger partial charge in [0.15, 0.2) is 17.1 Å². The minimum absolute atomic E-state index is 0.0512. The third-order valence-corrected chi connectivity index (χ3v) is 5.84. The van der Waals surface area contributed by atoms with Gasteiger partial charge in [0.1, 0.15) is 18.3 Å². The predicted octanol–water partition coefficient (Wildman–Crippen LogP) is 3.27. The van der Waals surface area contributed by atoms with Crippen LogP contribution in [0.2, 0.25) is 0 Å². The van der Waals surface area contributed by atoms with Crippen LogP contribution in [0.4, 0.5) is 0 Å². The number of rotatable bonds is 8. The highest BCUT2D eigenvalue weighted by molar-refractivity contribution is 5.75. The number of benzene rings is 2. The average Bonchev–Trinajstić information content (AvgIpc) is 3.57. The van der Waals surface area contributed by atoms with Crippen molar-refractivity contribution in [1.29, 1.82) is 0 Å². The number of aryl methyl sites for hydroxylation is 1. The van der Waals surface area contributed by atoms with Gasteiger partial charge in [-0.3, -0.25) is 9.36 Å². The van der Waals surface area contributed by atoms with Crippen molar-refractivity contribution >= 4 is 11.0 Å². The summed E-state index contributed by atoms with van der Waals surface area (Å²) in [6.45, 7) is 2.15. The highest BCUT2D eigenvalue weighted by Gasteiger charge is 2.18. The van der Waals surface area contributed by atoms with Gasteiger partial charge in [0.2, 0.25) is 17.5 Å². The molecule has 11 heteroatoms. The van der Waals surface area contributed by atoms with E-state index >= 15 is 0 Å². The molecule has 36 heavy (non-hydrogen) atoms. The van der Waals surface area contributed by atoms with Gasteiger partial charge in [-0.2, -0.15) is 10.1 Å². The lowest BCUT2D eigenvalue weighted by Crippen LogP contribution is -2.21. The van der Waals surface area contributed by atoms with E-state index in [9.17, 15) is 4.79 Å². The molecule has 3 heterocycles. The third-order valence-electron chi connectivity index (χ3n) is 5.84. The zero-order valence-corrected chi connectivity index (χ0v) is 20.3. The smallest absolute Gasteiger partial charge is 0.264 e. The maximum Gasteiger partial charge on any atom is 0.264 e. The monoisotopic (exact) mass is 488 g/mol. The molecule has 0 amide bonds. The maximum absolute atomic E-state index is 13.1. The molecule has 0 aliphatic carbocycles. The molecule has 184 valence electrons. The molecule has 0 bridgehead atoms. The van der Waals surface area contributed by atoms with E-state index in [1.54, 1.807) is 16.8 Å². The Morgan fingerprint density at radius 2 is 1.72 bits per heavy atom. The minimum Gasteiger partial charge on any atom is -0.493 e. The van der Waals surface area contributed by atoms with E-state index in [4.69, 9.17) is 18.7 Å². The molecule has 0 saturated carbocycles. The summed E-state index contributed by atoms with van der Waals surface area (Å²) in [5, 5.41) is 8.81. The molecule has 0 saturated heterocycles. The Bertz CT molecular complexity index is 1560. The second-order valence-electron chi connectivity index (χ2n) is 7.92. The van der Waals surface area contributed by atoms with Crippen LogP contribution >= 0.6 is 0 Å². The summed E-state index contributed by atoms with van der Waals surface area (Å²) < 4.78 is 24.6. The number of ether oxygens (including phenoxy) is 3. The summed E-state index contributed by atoms with van der Waals surface area (Å²) in [5.74, 6) is 1.94. The van der Waals surface area contributed by atoms with Gasteiger partial charge in [0, 0.05) is 5.56 Å². The van der Waals surface area contributed by atoms with Crippen molar-refractivity contribution in [2.75, 3.05) is 21.3 Å². The second-order valence-corrected chi connectivity index (χ2v) is 7.92. The first-order chi connectivity index (χ1) is 17.6. The molecule has 0 fully saturated rings. The molecule has 0 radical (unpaired) electrons. The molecule has 0 aliphatic rings. The van der Waals surface area contributed by atoms with E-state index in [-0.39, 0.29) is 18.0 Å². The van der Waals surface area contributed by atoms with Gasteiger partial charge in [0.05, 0.1) is 33.2 Å². The molecular formula is C25H24N6O5. The quantitative estimate of drug-likeness (QED) is 0.324. The fourth-order valence-corrected chi connectivity index (χ4v) is 3.92. The van der Waals surface area contributed by atoms with Gasteiger partial charge >= 0.3 is 0 Å². The van der Waals surface area contributed by atoms with Crippen LogP contribution in [0.25, 0.3) is 28.1 Å². The van der Waals surface area contributed by atoms with Gasteiger partial charge in [-0.1, -0.05) is 24.2 Å². The summed E-state index contributed by atoms with van der Waals surface area (Å²) in [4.78, 5) is 22.0. The highest BCUT2D eigenvalue weighted by Crippen LogP contribution is 2.40. The summed E-state index contributed by atoms with van der Waals surface area (Å²) in [6, 6.07) is 11.4. The van der Waals surface area contributed by atoms with Crippen LogP contribution in [-0.4, -0.2) is 50.8 Å². The highest BCUT2D eigenvalue weighted by atomic mass is 16.5. The average molecular weight is 489 g/mol. The number of fused-ring (bicyclic) bond motifs is 1. The fourth-order valence-electron chi connectivity index (χ4n) is 3.92. The number of nitrogens with zero attached hydrogens (tertiary/aromatic N) is 6. The second kappa shape index (κ2) is 9.53. The van der Waals surface area contributed by atoms with Crippen molar-refractivity contribution in [3.8, 4) is 34.3 Å². The zero-order chi connectivity index (χ0) is 25.2. The van der Waals surface area contributed by atoms with Crippen LogP contribution in [0.15, 0.2) is 58.2 Å². The van der Waals surface area contributed by atoms with Crippen LogP contribution in [0.1, 0.15) is 18.4 Å². The number of aromatic nitrogens is 6. The molecule has 2 aromatic carbocycles. The lowest BCUT2D eigenvalue weighted by atomic mass is 10.1. The fraction of sp³-hybridized carbons (Fsp3) is 0.240. The largest absolute Gasteiger partial charge is 0.493 e. The number of methoxy groups -OCH3 is 3. The normalized spacial score (nSPS) is 11.1. The van der Waals surface area contributed by atoms with Crippen molar-refractivity contribution in [3.63, 3.8) is 0 Å². The summed E-state index contributed by atoms with van der Waals surface area (Å²) >= 11 is 0. The van der Waals surface area contributed by atoms with Gasteiger partial charge in [-0.25, -0.2) is 9.67 Å². The van der Waals surface area contributed by atoms with E-state index < -0.39 is 0 Å². The SMILES string of the molecule is CCc1ccc(-n2ncc3c(=O)n(Cc4nc(-c5cc(OC)c(OC)c(OC)c5)no4)cnc32)cc1. The Hall–Kier alpha value is -4.67. The molecule has 5 rings (SSSR count). The molecule has 3 aromatic heterocycles. The van der Waals surface area contributed by atoms with Crippen molar-refractivity contribution in [3.05, 3.63) is 70.7 Å². The van der Waals surface area contributed by atoms with E-state index in [0.717, 1.165) is 12.1 Å². The zero-order valence-electron chi connectivity index (χ0n) is 20.3. The van der Waals surface area contributed by atoms with E-state index in [1.807, 2.05) is 24.3 Å². The molecular weight excluding hydrogens is 464 g/mol. The summed E-state index contributed by atoms with van der Waals surface area (Å²) in [5.41, 5.74) is 2.87. The van der Waals surface area contributed by atoms with Gasteiger partial charge in [-0.15, -0.1) is 0 Å². The summed E-state index contributed by atoms with van der Waals surface area (Å²) in [7, 11) is 4.59. The van der Waals surface area contributed by atoms with E-state index in [1.165, 1.54) is 44.0 Å². The molecule has 0 unspecified atom stereocenters. The standard InChI is InChI=1S/C25H24N6O5/c1-5-15-6-8-17(9-7-15)31-24-18(12-27-31)25(32)30(14-26-24)13-21-28-23(29-36-21)16-10-19(33-2)22(35-4)20(11-16)34-3/h6-12,14H,5,13H2,1-4H3. The van der Waals surface area contributed by atoms with Crippen LogP contribution in [0.5, 0.6) is 17.2 Å². The number of hydrogen-bond donors (Lipinski definition) is 0.